The van der Waals surface area contributed by atoms with Crippen LogP contribution >= 0.6 is 0 Å². The van der Waals surface area contributed by atoms with E-state index in [0.29, 0.717) is 30.9 Å². The van der Waals surface area contributed by atoms with Gasteiger partial charge in [0.15, 0.2) is 0 Å². The number of rotatable bonds is 7. The molecule has 0 radical (unpaired) electrons. The first-order valence-electron chi connectivity index (χ1n) is 9.92. The zero-order chi connectivity index (χ0) is 21.7. The topological polar surface area (TPSA) is 115 Å². The average Bonchev–Trinajstić information content (AvgIpc) is 3.13. The van der Waals surface area contributed by atoms with Crippen LogP contribution in [-0.2, 0) is 19.1 Å². The van der Waals surface area contributed by atoms with E-state index in [9.17, 15) is 14.9 Å². The number of benzene rings is 1. The minimum absolute atomic E-state index is 0.0504. The highest BCUT2D eigenvalue weighted by atomic mass is 16.5. The molecule has 1 saturated heterocycles. The van der Waals surface area contributed by atoms with Crippen molar-refractivity contribution in [2.75, 3.05) is 26.3 Å². The van der Waals surface area contributed by atoms with E-state index in [0.717, 1.165) is 13.0 Å². The Morgan fingerprint density at radius 1 is 1.40 bits per heavy atom. The van der Waals surface area contributed by atoms with Crippen LogP contribution < -0.4 is 10.5 Å². The van der Waals surface area contributed by atoms with E-state index < -0.39 is 11.9 Å². The first kappa shape index (κ1) is 21.2. The lowest BCUT2D eigenvalue weighted by molar-refractivity contribution is -0.139. The number of amides is 1. The van der Waals surface area contributed by atoms with Crippen LogP contribution in [0.25, 0.3) is 0 Å². The molecule has 8 nitrogen and oxygen atoms in total. The van der Waals surface area contributed by atoms with Crippen LogP contribution in [0.1, 0.15) is 38.2 Å². The molecule has 158 valence electrons. The molecule has 1 atom stereocenters. The molecule has 0 saturated carbocycles. The van der Waals surface area contributed by atoms with Crippen LogP contribution in [0.2, 0.25) is 0 Å². The maximum Gasteiger partial charge on any atom is 0.338 e. The number of nitrogens with two attached hydrogens (primary N) is 1. The number of carbonyl (C=O) groups excluding carboxylic acids is 2. The zero-order valence-corrected chi connectivity index (χ0v) is 17.1. The largest absolute Gasteiger partial charge is 0.491 e. The summed E-state index contributed by atoms with van der Waals surface area (Å²) in [5, 5.41) is 9.72. The van der Waals surface area contributed by atoms with E-state index in [4.69, 9.17) is 19.9 Å². The van der Waals surface area contributed by atoms with Gasteiger partial charge in [-0.25, -0.2) is 4.79 Å². The molecule has 1 fully saturated rings. The molecule has 0 spiro atoms. The van der Waals surface area contributed by atoms with Gasteiger partial charge >= 0.3 is 5.97 Å². The van der Waals surface area contributed by atoms with Gasteiger partial charge in [-0.15, -0.1) is 0 Å². The molecule has 0 aromatic heterocycles. The quantitative estimate of drug-likeness (QED) is 0.685. The van der Waals surface area contributed by atoms with Gasteiger partial charge in [0.2, 0.25) is 11.8 Å². The summed E-state index contributed by atoms with van der Waals surface area (Å²) < 4.78 is 16.6. The summed E-state index contributed by atoms with van der Waals surface area (Å²) >= 11 is 0. The van der Waals surface area contributed by atoms with Gasteiger partial charge in [0.25, 0.3) is 0 Å². The molecular formula is C22H25N3O5. The van der Waals surface area contributed by atoms with E-state index in [-0.39, 0.29) is 35.3 Å². The summed E-state index contributed by atoms with van der Waals surface area (Å²) in [7, 11) is 0. The monoisotopic (exact) mass is 411 g/mol. The van der Waals surface area contributed by atoms with Crippen molar-refractivity contribution in [3.63, 3.8) is 0 Å². The van der Waals surface area contributed by atoms with Gasteiger partial charge < -0.3 is 24.8 Å². The highest BCUT2D eigenvalue weighted by Gasteiger charge is 2.37. The van der Waals surface area contributed by atoms with Crippen LogP contribution in [0.4, 0.5) is 0 Å². The molecule has 1 aromatic carbocycles. The number of ether oxygens (including phenoxy) is 3. The third-order valence-electron chi connectivity index (χ3n) is 5.12. The maximum absolute atomic E-state index is 12.7. The van der Waals surface area contributed by atoms with Crippen LogP contribution in [0.15, 0.2) is 47.1 Å². The van der Waals surface area contributed by atoms with Crippen molar-refractivity contribution in [1.29, 1.82) is 5.26 Å². The van der Waals surface area contributed by atoms with E-state index in [1.807, 2.05) is 0 Å². The standard InChI is InChI=1S/C22H25N3O5/c1-3-28-22(27)19-14(2)30-21(24)16(13-23)20(19)15-7-4-5-8-17(15)29-12-11-25-10-6-9-18(25)26/h4-5,7-8,20H,3,6,9-12,24H2,1-2H3. The Kier molecular flexibility index (Phi) is 6.62. The van der Waals surface area contributed by atoms with E-state index in [1.165, 1.54) is 0 Å². The Morgan fingerprint density at radius 3 is 2.83 bits per heavy atom. The first-order valence-corrected chi connectivity index (χ1v) is 9.92. The van der Waals surface area contributed by atoms with Gasteiger partial charge in [-0.2, -0.15) is 5.26 Å². The molecule has 8 heteroatoms. The maximum atomic E-state index is 12.7. The van der Waals surface area contributed by atoms with Crippen molar-refractivity contribution >= 4 is 11.9 Å². The van der Waals surface area contributed by atoms with Crippen molar-refractivity contribution in [1.82, 2.24) is 4.90 Å². The minimum Gasteiger partial charge on any atom is -0.491 e. The molecule has 0 bridgehead atoms. The van der Waals surface area contributed by atoms with Crippen molar-refractivity contribution in [2.24, 2.45) is 5.73 Å². The molecule has 1 amide bonds. The Morgan fingerprint density at radius 2 is 2.17 bits per heavy atom. The molecule has 2 aliphatic rings. The van der Waals surface area contributed by atoms with Crippen LogP contribution in [0.3, 0.4) is 0 Å². The lowest BCUT2D eigenvalue weighted by Gasteiger charge is -2.28. The molecule has 2 N–H and O–H groups in total. The number of nitriles is 1. The third-order valence-corrected chi connectivity index (χ3v) is 5.12. The highest BCUT2D eigenvalue weighted by molar-refractivity contribution is 5.92. The molecule has 2 aliphatic heterocycles. The number of hydrogen-bond donors (Lipinski definition) is 1. The van der Waals surface area contributed by atoms with Gasteiger partial charge in [0.05, 0.1) is 24.6 Å². The van der Waals surface area contributed by atoms with Crippen LogP contribution in [-0.4, -0.2) is 43.1 Å². The number of hydrogen-bond acceptors (Lipinski definition) is 7. The van der Waals surface area contributed by atoms with Crippen molar-refractivity contribution < 1.29 is 23.8 Å². The molecule has 0 aliphatic carbocycles. The number of nitrogens with zero attached hydrogens (tertiary/aromatic N) is 2. The summed E-state index contributed by atoms with van der Waals surface area (Å²) in [6, 6.07) is 9.21. The normalized spacial score (nSPS) is 18.9. The van der Waals surface area contributed by atoms with Crippen molar-refractivity contribution in [3.05, 3.63) is 52.6 Å². The highest BCUT2D eigenvalue weighted by Crippen LogP contribution is 2.42. The van der Waals surface area contributed by atoms with Gasteiger partial charge in [-0.3, -0.25) is 4.79 Å². The number of esters is 1. The molecule has 1 unspecified atom stereocenters. The fraction of sp³-hybridized carbons (Fsp3) is 0.409. The van der Waals surface area contributed by atoms with Gasteiger partial charge in [0.1, 0.15) is 29.8 Å². The van der Waals surface area contributed by atoms with Gasteiger partial charge in [-0.1, -0.05) is 18.2 Å². The lowest BCUT2D eigenvalue weighted by atomic mass is 9.82. The predicted octanol–water partition coefficient (Wildman–Crippen LogP) is 2.33. The molecular weight excluding hydrogens is 386 g/mol. The zero-order valence-electron chi connectivity index (χ0n) is 17.1. The van der Waals surface area contributed by atoms with Crippen LogP contribution in [0, 0.1) is 11.3 Å². The second-order valence-corrected chi connectivity index (χ2v) is 6.99. The number of allylic oxidation sites excluding steroid dienone is 2. The van der Waals surface area contributed by atoms with Gasteiger partial charge in [-0.05, 0) is 26.3 Å². The molecule has 30 heavy (non-hydrogen) atoms. The lowest BCUT2D eigenvalue weighted by Crippen LogP contribution is -2.29. The second-order valence-electron chi connectivity index (χ2n) is 6.99. The summed E-state index contributed by atoms with van der Waals surface area (Å²) in [6.07, 6.45) is 1.43. The third kappa shape index (κ3) is 4.25. The molecule has 3 rings (SSSR count). The Labute approximate surface area is 175 Å². The predicted molar refractivity (Wildman–Crippen MR) is 108 cm³/mol. The Balaban J connectivity index is 1.92. The Bertz CT molecular complexity index is 944. The van der Waals surface area contributed by atoms with Gasteiger partial charge in [0, 0.05) is 18.5 Å². The summed E-state index contributed by atoms with van der Waals surface area (Å²) in [5.41, 5.74) is 6.90. The fourth-order valence-corrected chi connectivity index (χ4v) is 3.72. The number of carbonyl (C=O) groups is 2. The molecule has 2 heterocycles. The summed E-state index contributed by atoms with van der Waals surface area (Å²) in [5.74, 6) is -0.476. The smallest absolute Gasteiger partial charge is 0.338 e. The summed E-state index contributed by atoms with van der Waals surface area (Å²) in [6.45, 7) is 5.01. The van der Waals surface area contributed by atoms with E-state index in [2.05, 4.69) is 6.07 Å². The first-order chi connectivity index (χ1) is 14.5. The van der Waals surface area contributed by atoms with Crippen molar-refractivity contribution in [3.8, 4) is 11.8 Å². The SMILES string of the molecule is CCOC(=O)C1=C(C)OC(N)=C(C#N)C1c1ccccc1OCCN1CCCC1=O. The number of likely N-dealkylation sites (tertiary alicyclic amines) is 1. The van der Waals surface area contributed by atoms with Crippen molar-refractivity contribution in [2.45, 2.75) is 32.6 Å². The fourth-order valence-electron chi connectivity index (χ4n) is 3.72. The second kappa shape index (κ2) is 9.35. The summed E-state index contributed by atoms with van der Waals surface area (Å²) in [4.78, 5) is 26.3. The Hall–Kier alpha value is -3.47. The number of para-hydroxylation sites is 1. The van der Waals surface area contributed by atoms with E-state index in [1.54, 1.807) is 43.0 Å². The molecule has 1 aromatic rings. The average molecular weight is 411 g/mol. The van der Waals surface area contributed by atoms with E-state index >= 15 is 0 Å². The minimum atomic E-state index is -0.771. The van der Waals surface area contributed by atoms with Crippen LogP contribution in [0.5, 0.6) is 5.75 Å².